The number of rotatable bonds is 6. The average Bonchev–Trinajstić information content (AvgIpc) is 3.71. The Hall–Kier alpha value is -7.94. The number of nitrogens with zero attached hydrogens (tertiary/aromatic N) is 1. The van der Waals surface area contributed by atoms with Crippen molar-refractivity contribution in [3.8, 4) is 33.4 Å². The molecule has 12 aromatic rings. The van der Waals surface area contributed by atoms with Crippen LogP contribution in [0.5, 0.6) is 0 Å². The first-order chi connectivity index (χ1) is 29.8. The molecule has 0 aliphatic rings. The van der Waals surface area contributed by atoms with Crippen LogP contribution in [0.25, 0.3) is 98.4 Å². The monoisotopic (exact) mass is 763 g/mol. The minimum atomic E-state index is 0.897. The van der Waals surface area contributed by atoms with E-state index in [-0.39, 0.29) is 0 Å². The van der Waals surface area contributed by atoms with Gasteiger partial charge in [-0.3, -0.25) is 0 Å². The predicted octanol–water partition coefficient (Wildman–Crippen LogP) is 16.7. The van der Waals surface area contributed by atoms with E-state index in [1.54, 1.807) is 0 Å². The molecule has 0 fully saturated rings. The molecule has 0 amide bonds. The van der Waals surface area contributed by atoms with Gasteiger partial charge in [0.15, 0.2) is 0 Å². The summed E-state index contributed by atoms with van der Waals surface area (Å²) in [6, 6.07) is 81.3. The predicted molar refractivity (Wildman–Crippen MR) is 255 cm³/mol. The maximum atomic E-state index is 6.29. The zero-order valence-corrected chi connectivity index (χ0v) is 32.7. The molecule has 12 rings (SSSR count). The van der Waals surface area contributed by atoms with E-state index in [0.717, 1.165) is 61.3 Å². The van der Waals surface area contributed by atoms with Crippen molar-refractivity contribution in [3.05, 3.63) is 224 Å². The van der Waals surface area contributed by atoms with Crippen LogP contribution in [0.15, 0.2) is 229 Å². The Balaban J connectivity index is 1.08. The molecule has 2 heteroatoms. The Bertz CT molecular complexity index is 3590. The zero-order valence-electron chi connectivity index (χ0n) is 32.7. The van der Waals surface area contributed by atoms with Crippen LogP contribution in [-0.2, 0) is 0 Å². The molecule has 0 bridgehead atoms. The molecule has 0 unspecified atom stereocenters. The van der Waals surface area contributed by atoms with Gasteiger partial charge in [0.25, 0.3) is 0 Å². The minimum Gasteiger partial charge on any atom is -0.456 e. The van der Waals surface area contributed by atoms with E-state index in [4.69, 9.17) is 4.42 Å². The third kappa shape index (κ3) is 5.42. The van der Waals surface area contributed by atoms with E-state index in [9.17, 15) is 0 Å². The molecule has 280 valence electrons. The van der Waals surface area contributed by atoms with Crippen molar-refractivity contribution in [1.29, 1.82) is 0 Å². The second kappa shape index (κ2) is 13.9. The fourth-order valence-corrected chi connectivity index (χ4v) is 9.55. The average molecular weight is 764 g/mol. The molecule has 0 aliphatic heterocycles. The SMILES string of the molecule is c1ccc(-c2ccccc2N(c2ccc(-c3cccc4oc5ccccc5c34)cc2)c2ccccc2-c2cccc3c2ccc2ccc4ccc5ccccc5c4c23)cc1. The second-order valence-electron chi connectivity index (χ2n) is 15.6. The maximum Gasteiger partial charge on any atom is 0.136 e. The van der Waals surface area contributed by atoms with Gasteiger partial charge in [-0.1, -0.05) is 188 Å². The highest BCUT2D eigenvalue weighted by molar-refractivity contribution is 6.28. The molecule has 0 saturated carbocycles. The molecule has 2 nitrogen and oxygen atoms in total. The summed E-state index contributed by atoms with van der Waals surface area (Å²) in [5.74, 6) is 0. The summed E-state index contributed by atoms with van der Waals surface area (Å²) in [7, 11) is 0. The van der Waals surface area contributed by atoms with Crippen LogP contribution < -0.4 is 4.90 Å². The van der Waals surface area contributed by atoms with Crippen molar-refractivity contribution in [1.82, 2.24) is 0 Å². The van der Waals surface area contributed by atoms with Gasteiger partial charge in [-0.15, -0.1) is 0 Å². The van der Waals surface area contributed by atoms with E-state index < -0.39 is 0 Å². The molecule has 1 heterocycles. The Kier molecular flexibility index (Phi) is 7.89. The summed E-state index contributed by atoms with van der Waals surface area (Å²) in [5, 5.41) is 12.4. The smallest absolute Gasteiger partial charge is 0.136 e. The van der Waals surface area contributed by atoms with Gasteiger partial charge in [0, 0.05) is 27.6 Å². The van der Waals surface area contributed by atoms with Gasteiger partial charge in [-0.25, -0.2) is 0 Å². The van der Waals surface area contributed by atoms with E-state index in [1.165, 1.54) is 54.2 Å². The quantitative estimate of drug-likeness (QED) is 0.157. The maximum absolute atomic E-state index is 6.29. The van der Waals surface area contributed by atoms with Gasteiger partial charge in [-0.05, 0) is 102 Å². The minimum absolute atomic E-state index is 0.897. The topological polar surface area (TPSA) is 16.4 Å². The van der Waals surface area contributed by atoms with Gasteiger partial charge >= 0.3 is 0 Å². The molecule has 0 saturated heterocycles. The number of hydrogen-bond acceptors (Lipinski definition) is 2. The highest BCUT2D eigenvalue weighted by Crippen LogP contribution is 2.47. The van der Waals surface area contributed by atoms with Crippen molar-refractivity contribution < 1.29 is 4.42 Å². The van der Waals surface area contributed by atoms with Gasteiger partial charge in [0.05, 0.1) is 11.4 Å². The summed E-state index contributed by atoms with van der Waals surface area (Å²) in [6.45, 7) is 0. The first-order valence-corrected chi connectivity index (χ1v) is 20.6. The lowest BCUT2D eigenvalue weighted by Gasteiger charge is -2.30. The number of anilines is 3. The van der Waals surface area contributed by atoms with Gasteiger partial charge in [0.2, 0.25) is 0 Å². The van der Waals surface area contributed by atoms with Crippen molar-refractivity contribution in [2.45, 2.75) is 0 Å². The summed E-state index contributed by atoms with van der Waals surface area (Å²) < 4.78 is 6.29. The molecule has 0 radical (unpaired) electrons. The molecule has 11 aromatic carbocycles. The van der Waals surface area contributed by atoms with E-state index in [1.807, 2.05) is 12.1 Å². The van der Waals surface area contributed by atoms with Crippen LogP contribution in [-0.4, -0.2) is 0 Å². The summed E-state index contributed by atoms with van der Waals surface area (Å²) in [6.07, 6.45) is 0. The largest absolute Gasteiger partial charge is 0.456 e. The summed E-state index contributed by atoms with van der Waals surface area (Å²) >= 11 is 0. The van der Waals surface area contributed by atoms with Gasteiger partial charge in [-0.2, -0.15) is 0 Å². The number of fused-ring (bicyclic) bond motifs is 10. The van der Waals surface area contributed by atoms with E-state index >= 15 is 0 Å². The molecule has 0 N–H and O–H groups in total. The van der Waals surface area contributed by atoms with Crippen LogP contribution in [0, 0.1) is 0 Å². The number of furan rings is 1. The normalized spacial score (nSPS) is 11.7. The molecular weight excluding hydrogens is 727 g/mol. The van der Waals surface area contributed by atoms with Crippen LogP contribution in [0.1, 0.15) is 0 Å². The lowest BCUT2D eigenvalue weighted by Crippen LogP contribution is -2.12. The zero-order chi connectivity index (χ0) is 39.6. The van der Waals surface area contributed by atoms with E-state index in [2.05, 4.69) is 217 Å². The number of benzene rings is 11. The first kappa shape index (κ1) is 34.1. The van der Waals surface area contributed by atoms with Gasteiger partial charge in [0.1, 0.15) is 11.2 Å². The third-order valence-corrected chi connectivity index (χ3v) is 12.3. The highest BCUT2D eigenvalue weighted by atomic mass is 16.3. The lowest BCUT2D eigenvalue weighted by atomic mass is 9.89. The molecule has 0 spiro atoms. The Morgan fingerprint density at radius 1 is 0.267 bits per heavy atom. The lowest BCUT2D eigenvalue weighted by molar-refractivity contribution is 0.669. The molecule has 60 heavy (non-hydrogen) atoms. The van der Waals surface area contributed by atoms with Crippen molar-refractivity contribution in [3.63, 3.8) is 0 Å². The first-order valence-electron chi connectivity index (χ1n) is 20.6. The summed E-state index contributed by atoms with van der Waals surface area (Å²) in [4.78, 5) is 2.44. The van der Waals surface area contributed by atoms with Crippen LogP contribution in [0.2, 0.25) is 0 Å². The van der Waals surface area contributed by atoms with E-state index in [0.29, 0.717) is 0 Å². The van der Waals surface area contributed by atoms with Crippen LogP contribution in [0.4, 0.5) is 17.1 Å². The van der Waals surface area contributed by atoms with Crippen molar-refractivity contribution in [2.24, 2.45) is 0 Å². The van der Waals surface area contributed by atoms with Crippen LogP contribution >= 0.6 is 0 Å². The number of hydrogen-bond donors (Lipinski definition) is 0. The van der Waals surface area contributed by atoms with Crippen molar-refractivity contribution in [2.75, 3.05) is 4.90 Å². The highest BCUT2D eigenvalue weighted by Gasteiger charge is 2.22. The third-order valence-electron chi connectivity index (χ3n) is 12.3. The standard InChI is InChI=1S/C58H37NO/c1-2-14-38(15-3-1)44-17-6-9-24-52(44)59(43-35-32-40(33-36-43)46-21-13-27-55-58(46)51-20-8-11-26-54(51)60-55)53-25-10-7-19-49(53)47-22-12-23-50-48(47)37-34-42-31-30-41-29-28-39-16-4-5-18-45(39)56(41)57(42)50/h1-37H. The fourth-order valence-electron chi connectivity index (χ4n) is 9.55. The van der Waals surface area contributed by atoms with Crippen LogP contribution in [0.3, 0.4) is 0 Å². The number of para-hydroxylation sites is 3. The van der Waals surface area contributed by atoms with Gasteiger partial charge < -0.3 is 9.32 Å². The van der Waals surface area contributed by atoms with Crippen molar-refractivity contribution >= 4 is 82.1 Å². The Labute approximate surface area is 347 Å². The Morgan fingerprint density at radius 3 is 1.62 bits per heavy atom. The summed E-state index contributed by atoms with van der Waals surface area (Å²) in [5.41, 5.74) is 12.1. The molecule has 1 aromatic heterocycles. The fraction of sp³-hybridized carbons (Fsp3) is 0. The second-order valence-corrected chi connectivity index (χ2v) is 15.6. The Morgan fingerprint density at radius 2 is 0.800 bits per heavy atom. The molecule has 0 atom stereocenters. The molecule has 0 aliphatic carbocycles. The molecular formula is C58H37NO.